The van der Waals surface area contributed by atoms with E-state index in [9.17, 15) is 19.5 Å². The number of nitrogens with one attached hydrogen (secondary N) is 1. The summed E-state index contributed by atoms with van der Waals surface area (Å²) in [5, 5.41) is 12.8. The summed E-state index contributed by atoms with van der Waals surface area (Å²) < 4.78 is 4.90. The summed E-state index contributed by atoms with van der Waals surface area (Å²) in [5.74, 6) is -2.13. The molecule has 0 heterocycles. The van der Waals surface area contributed by atoms with E-state index >= 15 is 0 Å². The molecule has 2 amide bonds. The van der Waals surface area contributed by atoms with Crippen LogP contribution in [0, 0.1) is 13.8 Å². The number of likely N-dealkylation sites (N-methyl/N-ethyl adjacent to an activating group) is 1. The minimum Gasteiger partial charge on any atom is -0.507 e. The highest BCUT2D eigenvalue weighted by Crippen LogP contribution is 2.22. The summed E-state index contributed by atoms with van der Waals surface area (Å²) in [6.45, 7) is 3.00. The number of aryl methyl sites for hydroxylation is 2. The van der Waals surface area contributed by atoms with Crippen molar-refractivity contribution in [2.45, 2.75) is 13.8 Å². The van der Waals surface area contributed by atoms with E-state index in [-0.39, 0.29) is 28.8 Å². The van der Waals surface area contributed by atoms with Gasteiger partial charge in [0.05, 0.1) is 6.54 Å². The number of carbonyl (C=O) groups excluding carboxylic acids is 3. The zero-order valence-corrected chi connectivity index (χ0v) is 16.5. The molecule has 0 aliphatic rings. The standard InChI is InChI=1S/C20H21ClN2O5/c1-12-5-4-6-13(2)19(12)22-17(25)10-23(3)18(26)11-28-20(27)15-8-7-14(21)9-16(15)24/h4-9,24H,10-11H2,1-3H3,(H,22,25). The number of nitrogens with zero attached hydrogens (tertiary/aromatic N) is 1. The number of ether oxygens (including phenoxy) is 1. The fourth-order valence-electron chi connectivity index (χ4n) is 2.49. The van der Waals surface area contributed by atoms with Crippen LogP contribution in [0.4, 0.5) is 5.69 Å². The van der Waals surface area contributed by atoms with E-state index in [0.717, 1.165) is 16.0 Å². The monoisotopic (exact) mass is 404 g/mol. The van der Waals surface area contributed by atoms with Crippen molar-refractivity contribution < 1.29 is 24.2 Å². The number of benzene rings is 2. The normalized spacial score (nSPS) is 10.3. The second kappa shape index (κ2) is 9.23. The van der Waals surface area contributed by atoms with E-state index in [4.69, 9.17) is 16.3 Å². The Morgan fingerprint density at radius 3 is 2.39 bits per heavy atom. The number of anilines is 1. The third-order valence-corrected chi connectivity index (χ3v) is 4.29. The van der Waals surface area contributed by atoms with Gasteiger partial charge in [-0.05, 0) is 43.2 Å². The minimum atomic E-state index is -0.865. The van der Waals surface area contributed by atoms with E-state index in [1.165, 1.54) is 25.2 Å². The molecule has 0 radical (unpaired) electrons. The van der Waals surface area contributed by atoms with E-state index < -0.39 is 18.5 Å². The third kappa shape index (κ3) is 5.47. The van der Waals surface area contributed by atoms with E-state index in [2.05, 4.69) is 5.32 Å². The van der Waals surface area contributed by atoms with Gasteiger partial charge in [0, 0.05) is 17.8 Å². The zero-order valence-electron chi connectivity index (χ0n) is 15.8. The lowest BCUT2D eigenvalue weighted by molar-refractivity contribution is -0.136. The van der Waals surface area contributed by atoms with Crippen molar-refractivity contribution >= 4 is 35.1 Å². The Hall–Kier alpha value is -3.06. The summed E-state index contributed by atoms with van der Waals surface area (Å²) >= 11 is 5.71. The van der Waals surface area contributed by atoms with Crippen molar-refractivity contribution in [3.05, 3.63) is 58.1 Å². The minimum absolute atomic E-state index is 0.104. The Morgan fingerprint density at radius 1 is 1.14 bits per heavy atom. The molecule has 0 aliphatic carbocycles. The van der Waals surface area contributed by atoms with Gasteiger partial charge in [0.25, 0.3) is 5.91 Å². The Balaban J connectivity index is 1.88. The Labute approximate surface area is 167 Å². The van der Waals surface area contributed by atoms with E-state index in [1.807, 2.05) is 32.0 Å². The number of para-hydroxylation sites is 1. The lowest BCUT2D eigenvalue weighted by Crippen LogP contribution is -2.37. The fraction of sp³-hybridized carbons (Fsp3) is 0.250. The maximum atomic E-state index is 12.2. The number of carbonyl (C=O) groups is 3. The molecule has 8 heteroatoms. The van der Waals surface area contributed by atoms with Crippen molar-refractivity contribution in [3.63, 3.8) is 0 Å². The molecule has 2 aromatic rings. The smallest absolute Gasteiger partial charge is 0.342 e. The Bertz CT molecular complexity index is 893. The van der Waals surface area contributed by atoms with Crippen molar-refractivity contribution in [2.24, 2.45) is 0 Å². The quantitative estimate of drug-likeness (QED) is 0.721. The molecule has 0 saturated heterocycles. The summed E-state index contributed by atoms with van der Waals surface area (Å²) in [5.41, 5.74) is 2.43. The van der Waals surface area contributed by atoms with Gasteiger partial charge in [-0.25, -0.2) is 4.79 Å². The van der Waals surface area contributed by atoms with Gasteiger partial charge in [0.15, 0.2) is 6.61 Å². The van der Waals surface area contributed by atoms with Gasteiger partial charge >= 0.3 is 5.97 Å². The summed E-state index contributed by atoms with van der Waals surface area (Å²) in [4.78, 5) is 37.5. The van der Waals surface area contributed by atoms with Crippen LogP contribution in [0.2, 0.25) is 5.02 Å². The third-order valence-electron chi connectivity index (χ3n) is 4.06. The predicted molar refractivity (Wildman–Crippen MR) is 106 cm³/mol. The first-order chi connectivity index (χ1) is 13.2. The van der Waals surface area contributed by atoms with Crippen molar-refractivity contribution in [3.8, 4) is 5.75 Å². The molecule has 0 aliphatic heterocycles. The number of esters is 1. The Morgan fingerprint density at radius 2 is 1.79 bits per heavy atom. The van der Waals surface area contributed by atoms with Crippen LogP contribution in [-0.4, -0.2) is 48.0 Å². The van der Waals surface area contributed by atoms with Crippen molar-refractivity contribution in [2.75, 3.05) is 25.5 Å². The SMILES string of the molecule is Cc1cccc(C)c1NC(=O)CN(C)C(=O)COC(=O)c1ccc(Cl)cc1O. The summed E-state index contributed by atoms with van der Waals surface area (Å²) in [7, 11) is 1.43. The topological polar surface area (TPSA) is 95.9 Å². The summed E-state index contributed by atoms with van der Waals surface area (Å²) in [6, 6.07) is 9.56. The second-order valence-electron chi connectivity index (χ2n) is 6.30. The molecule has 0 aromatic heterocycles. The molecule has 2 aromatic carbocycles. The van der Waals surface area contributed by atoms with Crippen LogP contribution in [0.1, 0.15) is 21.5 Å². The molecule has 0 saturated carbocycles. The molecule has 0 fully saturated rings. The fourth-order valence-corrected chi connectivity index (χ4v) is 2.65. The average molecular weight is 405 g/mol. The second-order valence-corrected chi connectivity index (χ2v) is 6.74. The number of aromatic hydroxyl groups is 1. The van der Waals surface area contributed by atoms with Crippen LogP contribution in [0.5, 0.6) is 5.75 Å². The Kier molecular flexibility index (Phi) is 7.00. The van der Waals surface area contributed by atoms with Gasteiger partial charge in [-0.1, -0.05) is 29.8 Å². The van der Waals surface area contributed by atoms with Crippen LogP contribution in [0.15, 0.2) is 36.4 Å². The first-order valence-electron chi connectivity index (χ1n) is 8.44. The van der Waals surface area contributed by atoms with Gasteiger partial charge in [-0.3, -0.25) is 9.59 Å². The molecule has 28 heavy (non-hydrogen) atoms. The molecular formula is C20H21ClN2O5. The number of phenols is 1. The van der Waals surface area contributed by atoms with Gasteiger partial charge in [0.2, 0.25) is 5.91 Å². The molecule has 0 spiro atoms. The molecule has 7 nitrogen and oxygen atoms in total. The lowest BCUT2D eigenvalue weighted by Gasteiger charge is -2.18. The molecular weight excluding hydrogens is 384 g/mol. The number of phenolic OH excluding ortho intramolecular Hbond substituents is 1. The van der Waals surface area contributed by atoms with Crippen LogP contribution in [0.25, 0.3) is 0 Å². The highest BCUT2D eigenvalue weighted by atomic mass is 35.5. The van der Waals surface area contributed by atoms with Crippen LogP contribution < -0.4 is 5.32 Å². The number of rotatable bonds is 6. The molecule has 2 N–H and O–H groups in total. The largest absolute Gasteiger partial charge is 0.507 e. The molecule has 0 bridgehead atoms. The van der Waals surface area contributed by atoms with Gasteiger partial charge in [-0.15, -0.1) is 0 Å². The van der Waals surface area contributed by atoms with Crippen molar-refractivity contribution in [1.29, 1.82) is 0 Å². The van der Waals surface area contributed by atoms with E-state index in [0.29, 0.717) is 5.69 Å². The average Bonchev–Trinajstić information content (AvgIpc) is 2.62. The number of hydrogen-bond donors (Lipinski definition) is 2. The lowest BCUT2D eigenvalue weighted by atomic mass is 10.1. The molecule has 148 valence electrons. The maximum absolute atomic E-state index is 12.2. The highest BCUT2D eigenvalue weighted by molar-refractivity contribution is 6.30. The number of amides is 2. The van der Waals surface area contributed by atoms with Gasteiger partial charge < -0.3 is 20.1 Å². The van der Waals surface area contributed by atoms with Crippen LogP contribution in [0.3, 0.4) is 0 Å². The van der Waals surface area contributed by atoms with E-state index in [1.54, 1.807) is 0 Å². The van der Waals surface area contributed by atoms with Crippen molar-refractivity contribution in [1.82, 2.24) is 4.90 Å². The zero-order chi connectivity index (χ0) is 20.8. The maximum Gasteiger partial charge on any atom is 0.342 e. The predicted octanol–water partition coefficient (Wildman–Crippen LogP) is 2.92. The molecule has 2 rings (SSSR count). The first kappa shape index (κ1) is 21.2. The highest BCUT2D eigenvalue weighted by Gasteiger charge is 2.18. The van der Waals surface area contributed by atoms with Gasteiger partial charge in [-0.2, -0.15) is 0 Å². The van der Waals surface area contributed by atoms with Crippen LogP contribution >= 0.6 is 11.6 Å². The number of halogens is 1. The molecule has 0 atom stereocenters. The first-order valence-corrected chi connectivity index (χ1v) is 8.82. The molecule has 0 unspecified atom stereocenters. The summed E-state index contributed by atoms with van der Waals surface area (Å²) in [6.07, 6.45) is 0. The number of hydrogen-bond acceptors (Lipinski definition) is 5. The van der Waals surface area contributed by atoms with Gasteiger partial charge in [0.1, 0.15) is 11.3 Å². The van der Waals surface area contributed by atoms with Crippen LogP contribution in [-0.2, 0) is 14.3 Å².